The van der Waals surface area contributed by atoms with E-state index in [9.17, 15) is 9.59 Å². The van der Waals surface area contributed by atoms with Crippen LogP contribution in [-0.4, -0.2) is 18.9 Å². The van der Waals surface area contributed by atoms with Crippen LogP contribution in [-0.2, 0) is 12.8 Å². The summed E-state index contributed by atoms with van der Waals surface area (Å²) in [6, 6.07) is 7.07. The number of ether oxygens (including phenoxy) is 1. The van der Waals surface area contributed by atoms with Crippen molar-refractivity contribution >= 4 is 28.2 Å². The summed E-state index contributed by atoms with van der Waals surface area (Å²) in [5, 5.41) is 3.50. The lowest BCUT2D eigenvalue weighted by molar-refractivity contribution is 0.100. The molecule has 0 aliphatic heterocycles. The number of aryl methyl sites for hydroxylation is 1. The molecular formula is C23H30N2O3S. The standard InChI is InChI=1S/C23H30N2O3S/c1-28-18-14-11-10-12-16(18)22(27)25-23-20(21(24)26)17-13-8-6-4-2-3-5-7-9-15-19(17)29-23/h10-12,14H,2-9,13,15H2,1H3,(H2,24,26)(H,25,27). The fraction of sp³-hybridized carbons (Fsp3) is 0.478. The number of benzene rings is 1. The quantitative estimate of drug-likeness (QED) is 0.710. The maximum Gasteiger partial charge on any atom is 0.260 e. The molecular weight excluding hydrogens is 384 g/mol. The van der Waals surface area contributed by atoms with Crippen molar-refractivity contribution in [1.29, 1.82) is 0 Å². The first-order valence-corrected chi connectivity index (χ1v) is 11.3. The molecule has 0 fully saturated rings. The molecule has 6 heteroatoms. The number of fused-ring (bicyclic) bond motifs is 1. The number of methoxy groups -OCH3 is 1. The van der Waals surface area contributed by atoms with Crippen molar-refractivity contribution < 1.29 is 14.3 Å². The molecule has 1 aliphatic carbocycles. The predicted octanol–water partition coefficient (Wildman–Crippen LogP) is 5.33. The molecule has 0 bridgehead atoms. The van der Waals surface area contributed by atoms with Gasteiger partial charge in [-0.05, 0) is 43.4 Å². The molecule has 1 aromatic heterocycles. The summed E-state index contributed by atoms with van der Waals surface area (Å²) in [5.41, 5.74) is 7.73. The number of nitrogens with two attached hydrogens (primary N) is 1. The summed E-state index contributed by atoms with van der Waals surface area (Å²) in [4.78, 5) is 26.4. The van der Waals surface area contributed by atoms with Gasteiger partial charge in [0.25, 0.3) is 11.8 Å². The number of amides is 2. The summed E-state index contributed by atoms with van der Waals surface area (Å²) in [6.07, 6.45) is 11.4. The van der Waals surface area contributed by atoms with E-state index in [1.165, 1.54) is 55.4 Å². The van der Waals surface area contributed by atoms with Crippen molar-refractivity contribution in [2.24, 2.45) is 5.73 Å². The van der Waals surface area contributed by atoms with Gasteiger partial charge in [-0.3, -0.25) is 9.59 Å². The number of primary amides is 1. The van der Waals surface area contributed by atoms with Crippen LogP contribution in [0.15, 0.2) is 24.3 Å². The van der Waals surface area contributed by atoms with Gasteiger partial charge in [0.1, 0.15) is 10.8 Å². The van der Waals surface area contributed by atoms with Crippen LogP contribution in [0.25, 0.3) is 0 Å². The van der Waals surface area contributed by atoms with Crippen molar-refractivity contribution in [3.05, 3.63) is 45.8 Å². The molecule has 0 saturated heterocycles. The molecule has 0 spiro atoms. The summed E-state index contributed by atoms with van der Waals surface area (Å²) in [5.74, 6) is -0.256. The van der Waals surface area contributed by atoms with Gasteiger partial charge in [0.05, 0.1) is 18.2 Å². The Balaban J connectivity index is 1.90. The lowest BCUT2D eigenvalue weighted by atomic mass is 9.97. The van der Waals surface area contributed by atoms with Crippen LogP contribution in [0.3, 0.4) is 0 Å². The van der Waals surface area contributed by atoms with Crippen LogP contribution in [0.5, 0.6) is 5.75 Å². The number of anilines is 1. The average molecular weight is 415 g/mol. The van der Waals surface area contributed by atoms with Gasteiger partial charge in [-0.2, -0.15) is 0 Å². The smallest absolute Gasteiger partial charge is 0.260 e. The second kappa shape index (κ2) is 10.4. The Morgan fingerprint density at radius 1 is 0.966 bits per heavy atom. The van der Waals surface area contributed by atoms with Crippen LogP contribution in [0.4, 0.5) is 5.00 Å². The van der Waals surface area contributed by atoms with E-state index in [2.05, 4.69) is 5.32 Å². The Kier molecular flexibility index (Phi) is 7.69. The van der Waals surface area contributed by atoms with Gasteiger partial charge >= 0.3 is 0 Å². The third-order valence-electron chi connectivity index (χ3n) is 5.50. The van der Waals surface area contributed by atoms with E-state index in [0.29, 0.717) is 21.9 Å². The molecule has 0 radical (unpaired) electrons. The fourth-order valence-corrected chi connectivity index (χ4v) is 5.27. The zero-order valence-corrected chi connectivity index (χ0v) is 17.9. The second-order valence-electron chi connectivity index (χ2n) is 7.56. The van der Waals surface area contributed by atoms with Gasteiger partial charge in [-0.1, -0.05) is 50.7 Å². The minimum Gasteiger partial charge on any atom is -0.496 e. The normalized spacial score (nSPS) is 15.5. The van der Waals surface area contributed by atoms with Gasteiger partial charge < -0.3 is 15.8 Å². The number of para-hydroxylation sites is 1. The number of hydrogen-bond donors (Lipinski definition) is 2. The zero-order valence-electron chi connectivity index (χ0n) is 17.1. The molecule has 3 N–H and O–H groups in total. The average Bonchev–Trinajstić information content (AvgIpc) is 3.04. The molecule has 156 valence electrons. The Labute approximate surface area is 176 Å². The van der Waals surface area contributed by atoms with Crippen molar-refractivity contribution in [2.45, 2.75) is 64.2 Å². The molecule has 2 aromatic rings. The van der Waals surface area contributed by atoms with Crippen molar-refractivity contribution in [3.8, 4) is 5.75 Å². The van der Waals surface area contributed by atoms with Gasteiger partial charge in [-0.15, -0.1) is 11.3 Å². The minimum absolute atomic E-state index is 0.290. The lowest BCUT2D eigenvalue weighted by Crippen LogP contribution is -2.18. The highest BCUT2D eigenvalue weighted by molar-refractivity contribution is 7.17. The van der Waals surface area contributed by atoms with E-state index >= 15 is 0 Å². The number of rotatable bonds is 4. The zero-order chi connectivity index (χ0) is 20.6. The third-order valence-corrected chi connectivity index (χ3v) is 6.70. The van der Waals surface area contributed by atoms with Crippen molar-refractivity contribution in [3.63, 3.8) is 0 Å². The first kappa shape index (κ1) is 21.4. The molecule has 1 aromatic carbocycles. The number of hydrogen-bond acceptors (Lipinski definition) is 4. The molecule has 1 aliphatic rings. The van der Waals surface area contributed by atoms with E-state index in [1.54, 1.807) is 18.2 Å². The monoisotopic (exact) mass is 414 g/mol. The third kappa shape index (κ3) is 5.38. The summed E-state index contributed by atoms with van der Waals surface area (Å²) >= 11 is 1.50. The Morgan fingerprint density at radius 3 is 2.24 bits per heavy atom. The van der Waals surface area contributed by atoms with Crippen LogP contribution in [0.2, 0.25) is 0 Å². The molecule has 0 atom stereocenters. The molecule has 0 saturated carbocycles. The molecule has 3 rings (SSSR count). The maximum absolute atomic E-state index is 12.9. The largest absolute Gasteiger partial charge is 0.496 e. The van der Waals surface area contributed by atoms with Gasteiger partial charge in [0.2, 0.25) is 0 Å². The van der Waals surface area contributed by atoms with Crippen LogP contribution in [0, 0.1) is 0 Å². The highest BCUT2D eigenvalue weighted by Gasteiger charge is 2.24. The second-order valence-corrected chi connectivity index (χ2v) is 8.66. The topological polar surface area (TPSA) is 81.4 Å². The fourth-order valence-electron chi connectivity index (χ4n) is 3.98. The Hall–Kier alpha value is -2.34. The number of carbonyl (C=O) groups excluding carboxylic acids is 2. The van der Waals surface area contributed by atoms with Crippen LogP contribution in [0.1, 0.15) is 82.5 Å². The molecule has 1 heterocycles. The lowest BCUT2D eigenvalue weighted by Gasteiger charge is -2.10. The number of nitrogens with one attached hydrogen (secondary N) is 1. The van der Waals surface area contributed by atoms with E-state index < -0.39 is 5.91 Å². The van der Waals surface area contributed by atoms with E-state index in [4.69, 9.17) is 10.5 Å². The highest BCUT2D eigenvalue weighted by atomic mass is 32.1. The maximum atomic E-state index is 12.9. The molecule has 29 heavy (non-hydrogen) atoms. The number of carbonyl (C=O) groups is 2. The van der Waals surface area contributed by atoms with Crippen molar-refractivity contribution in [1.82, 2.24) is 0 Å². The van der Waals surface area contributed by atoms with Gasteiger partial charge in [0.15, 0.2) is 0 Å². The number of thiophene rings is 1. The SMILES string of the molecule is COc1ccccc1C(=O)Nc1sc2c(c1C(N)=O)CCCCCCCCCC2. The van der Waals surface area contributed by atoms with Gasteiger partial charge in [-0.25, -0.2) is 0 Å². The molecule has 5 nitrogen and oxygen atoms in total. The predicted molar refractivity (Wildman–Crippen MR) is 118 cm³/mol. The highest BCUT2D eigenvalue weighted by Crippen LogP contribution is 2.36. The first-order valence-electron chi connectivity index (χ1n) is 10.5. The summed E-state index contributed by atoms with van der Waals surface area (Å²) in [6.45, 7) is 0. The minimum atomic E-state index is -0.468. The van der Waals surface area contributed by atoms with E-state index in [0.717, 1.165) is 37.7 Å². The van der Waals surface area contributed by atoms with Crippen molar-refractivity contribution in [2.75, 3.05) is 12.4 Å². The van der Waals surface area contributed by atoms with Gasteiger partial charge in [0, 0.05) is 4.88 Å². The molecule has 2 amide bonds. The van der Waals surface area contributed by atoms with E-state index in [-0.39, 0.29) is 5.91 Å². The Morgan fingerprint density at radius 2 is 1.59 bits per heavy atom. The summed E-state index contributed by atoms with van der Waals surface area (Å²) < 4.78 is 5.30. The Bertz CT molecular complexity index is 860. The van der Waals surface area contributed by atoms with E-state index in [1.807, 2.05) is 6.07 Å². The van der Waals surface area contributed by atoms with Crippen LogP contribution < -0.4 is 15.8 Å². The first-order chi connectivity index (χ1) is 14.1. The summed E-state index contributed by atoms with van der Waals surface area (Å²) in [7, 11) is 1.54. The molecule has 0 unspecified atom stereocenters. The van der Waals surface area contributed by atoms with Crippen LogP contribution >= 0.6 is 11.3 Å².